The van der Waals surface area contributed by atoms with Crippen LogP contribution in [0.5, 0.6) is 5.75 Å². The van der Waals surface area contributed by atoms with Gasteiger partial charge in [-0.05, 0) is 93.4 Å². The van der Waals surface area contributed by atoms with Gasteiger partial charge >= 0.3 is 5.97 Å². The molecule has 0 radical (unpaired) electrons. The third kappa shape index (κ3) is 6.50. The lowest BCUT2D eigenvalue weighted by atomic mass is 10.1. The number of piperidine rings is 1. The van der Waals surface area contributed by atoms with Crippen molar-refractivity contribution in [3.8, 4) is 5.75 Å². The number of esters is 1. The first-order valence-corrected chi connectivity index (χ1v) is 13.8. The van der Waals surface area contributed by atoms with Gasteiger partial charge in [-0.1, -0.05) is 15.9 Å². The summed E-state index contributed by atoms with van der Waals surface area (Å²) in [4.78, 5) is 34.3. The number of likely N-dealkylation sites (N-methyl/N-ethyl adjacent to an activating group) is 1. The molecule has 0 atom stereocenters. The standard InChI is InChI=1S/C27H30BrN3O4S/c1-3-31-26(33)24(17-19-16-20(28)8-13-23(19)35-18-25(32)34-4-2)36-27(31)29-21-9-11-22(12-10-21)30-14-6-5-7-15-30/h8-13,16-17H,3-7,14-15,18H2,1-2H3/b24-17-,29-27?. The van der Waals surface area contributed by atoms with Crippen LogP contribution in [0, 0.1) is 0 Å². The van der Waals surface area contributed by atoms with Gasteiger partial charge < -0.3 is 14.4 Å². The van der Waals surface area contributed by atoms with Crippen LogP contribution in [-0.2, 0) is 14.3 Å². The second-order valence-corrected chi connectivity index (χ2v) is 10.3. The topological polar surface area (TPSA) is 71.4 Å². The van der Waals surface area contributed by atoms with Gasteiger partial charge in [-0.3, -0.25) is 9.69 Å². The van der Waals surface area contributed by atoms with Crippen LogP contribution in [0.2, 0.25) is 0 Å². The van der Waals surface area contributed by atoms with Crippen LogP contribution in [0.3, 0.4) is 0 Å². The van der Waals surface area contributed by atoms with Crippen molar-refractivity contribution < 1.29 is 19.1 Å². The lowest BCUT2D eigenvalue weighted by Gasteiger charge is -2.28. The van der Waals surface area contributed by atoms with Gasteiger partial charge in [0.15, 0.2) is 11.8 Å². The van der Waals surface area contributed by atoms with Crippen LogP contribution in [0.1, 0.15) is 38.7 Å². The number of amidine groups is 1. The molecule has 2 aromatic carbocycles. The fourth-order valence-corrected chi connectivity index (χ4v) is 5.55. The second kappa shape index (κ2) is 12.5. The van der Waals surface area contributed by atoms with Crippen LogP contribution in [0.15, 0.2) is 56.8 Å². The number of carbonyl (C=O) groups is 2. The molecule has 2 aromatic rings. The van der Waals surface area contributed by atoms with E-state index in [0.717, 1.165) is 23.2 Å². The highest BCUT2D eigenvalue weighted by Crippen LogP contribution is 2.36. The molecule has 0 bridgehead atoms. The van der Waals surface area contributed by atoms with E-state index in [1.165, 1.54) is 36.7 Å². The zero-order valence-corrected chi connectivity index (χ0v) is 22.9. The molecule has 7 nitrogen and oxygen atoms in total. The third-order valence-electron chi connectivity index (χ3n) is 5.91. The first-order chi connectivity index (χ1) is 17.5. The number of nitrogens with zero attached hydrogens (tertiary/aromatic N) is 3. The number of aliphatic imine (C=N–C) groups is 1. The van der Waals surface area contributed by atoms with Crippen LogP contribution >= 0.6 is 27.7 Å². The molecule has 2 saturated heterocycles. The predicted molar refractivity (Wildman–Crippen MR) is 149 cm³/mol. The van der Waals surface area contributed by atoms with Gasteiger partial charge in [0.05, 0.1) is 17.2 Å². The molecule has 2 heterocycles. The molecule has 0 aromatic heterocycles. The van der Waals surface area contributed by atoms with Gasteiger partial charge in [-0.2, -0.15) is 0 Å². The number of amides is 1. The molecule has 0 aliphatic carbocycles. The molecule has 0 unspecified atom stereocenters. The van der Waals surface area contributed by atoms with Crippen molar-refractivity contribution in [1.29, 1.82) is 0 Å². The number of rotatable bonds is 8. The van der Waals surface area contributed by atoms with Crippen LogP contribution in [0.25, 0.3) is 6.08 Å². The predicted octanol–water partition coefficient (Wildman–Crippen LogP) is 6.01. The Hall–Kier alpha value is -2.78. The van der Waals surface area contributed by atoms with Crippen molar-refractivity contribution in [2.24, 2.45) is 4.99 Å². The Labute approximate surface area is 224 Å². The number of thioether (sulfide) groups is 1. The van der Waals surface area contributed by atoms with Crippen molar-refractivity contribution in [3.63, 3.8) is 0 Å². The maximum absolute atomic E-state index is 13.2. The Morgan fingerprint density at radius 2 is 1.86 bits per heavy atom. The number of anilines is 1. The maximum Gasteiger partial charge on any atom is 0.344 e. The van der Waals surface area contributed by atoms with E-state index in [4.69, 9.17) is 14.5 Å². The van der Waals surface area contributed by atoms with Gasteiger partial charge in [-0.15, -0.1) is 0 Å². The molecule has 2 fully saturated rings. The summed E-state index contributed by atoms with van der Waals surface area (Å²) in [5.41, 5.74) is 2.71. The molecule has 0 spiro atoms. The first-order valence-electron chi connectivity index (χ1n) is 12.2. The quantitative estimate of drug-likeness (QED) is 0.285. The molecule has 0 saturated carbocycles. The monoisotopic (exact) mass is 571 g/mol. The van der Waals surface area contributed by atoms with Gasteiger partial charge in [-0.25, -0.2) is 9.79 Å². The Bertz CT molecular complexity index is 1160. The van der Waals surface area contributed by atoms with Crippen molar-refractivity contribution in [2.75, 3.05) is 37.7 Å². The summed E-state index contributed by atoms with van der Waals surface area (Å²) in [6, 6.07) is 13.7. The van der Waals surface area contributed by atoms with Crippen molar-refractivity contribution in [2.45, 2.75) is 33.1 Å². The van der Waals surface area contributed by atoms with Gasteiger partial charge in [0, 0.05) is 35.4 Å². The molecule has 2 aliphatic heterocycles. The van der Waals surface area contributed by atoms with E-state index in [2.05, 4.69) is 33.0 Å². The summed E-state index contributed by atoms with van der Waals surface area (Å²) in [5.74, 6) is -0.0559. The third-order valence-corrected chi connectivity index (χ3v) is 7.41. The van der Waals surface area contributed by atoms with Gasteiger partial charge in [0.25, 0.3) is 5.91 Å². The van der Waals surface area contributed by atoms with E-state index in [-0.39, 0.29) is 12.5 Å². The van der Waals surface area contributed by atoms with Crippen molar-refractivity contribution in [3.05, 3.63) is 57.4 Å². The highest BCUT2D eigenvalue weighted by molar-refractivity contribution is 9.10. The zero-order valence-electron chi connectivity index (χ0n) is 20.5. The van der Waals surface area contributed by atoms with E-state index in [9.17, 15) is 9.59 Å². The summed E-state index contributed by atoms with van der Waals surface area (Å²) < 4.78 is 11.5. The van der Waals surface area contributed by atoms with Crippen molar-refractivity contribution >= 4 is 62.2 Å². The number of halogens is 1. The summed E-state index contributed by atoms with van der Waals surface area (Å²) >= 11 is 4.81. The number of benzene rings is 2. The summed E-state index contributed by atoms with van der Waals surface area (Å²) in [7, 11) is 0. The minimum atomic E-state index is -0.441. The minimum Gasteiger partial charge on any atom is -0.481 e. The lowest BCUT2D eigenvalue weighted by molar-refractivity contribution is -0.145. The summed E-state index contributed by atoms with van der Waals surface area (Å²) in [5, 5.41) is 0.642. The minimum absolute atomic E-state index is 0.109. The van der Waals surface area contributed by atoms with Crippen LogP contribution in [0.4, 0.5) is 11.4 Å². The van der Waals surface area contributed by atoms with Crippen LogP contribution < -0.4 is 9.64 Å². The molecular weight excluding hydrogens is 542 g/mol. The average Bonchev–Trinajstić information content (AvgIpc) is 3.18. The lowest BCUT2D eigenvalue weighted by Crippen LogP contribution is -2.29. The fourth-order valence-electron chi connectivity index (χ4n) is 4.11. The summed E-state index contributed by atoms with van der Waals surface area (Å²) in [6.45, 7) is 6.47. The molecule has 0 N–H and O–H groups in total. The SMILES string of the molecule is CCOC(=O)COc1ccc(Br)cc1/C=C1\SC(=Nc2ccc(N3CCCCC3)cc2)N(CC)C1=O. The fraction of sp³-hybridized carbons (Fsp3) is 0.370. The highest BCUT2D eigenvalue weighted by Gasteiger charge is 2.32. The first kappa shape index (κ1) is 26.3. The van der Waals surface area contributed by atoms with Gasteiger partial charge in [0.2, 0.25) is 0 Å². The highest BCUT2D eigenvalue weighted by atomic mass is 79.9. The van der Waals surface area contributed by atoms with Gasteiger partial charge in [0.1, 0.15) is 5.75 Å². The second-order valence-electron chi connectivity index (χ2n) is 8.39. The smallest absolute Gasteiger partial charge is 0.344 e. The zero-order chi connectivity index (χ0) is 25.5. The molecule has 1 amide bonds. The number of carbonyl (C=O) groups excluding carboxylic acids is 2. The molecule has 9 heteroatoms. The average molecular weight is 573 g/mol. The number of ether oxygens (including phenoxy) is 2. The van der Waals surface area contributed by atoms with Crippen LogP contribution in [-0.4, -0.2) is 54.8 Å². The number of hydrogen-bond donors (Lipinski definition) is 0. The Morgan fingerprint density at radius 3 is 2.56 bits per heavy atom. The normalized spacial score (nSPS) is 18.2. The Balaban J connectivity index is 1.54. The molecule has 36 heavy (non-hydrogen) atoms. The van der Waals surface area contributed by atoms with E-state index >= 15 is 0 Å². The Morgan fingerprint density at radius 1 is 1.11 bits per heavy atom. The van der Waals surface area contributed by atoms with E-state index in [0.29, 0.717) is 34.5 Å². The molecule has 4 rings (SSSR count). The van der Waals surface area contributed by atoms with E-state index in [1.54, 1.807) is 24.0 Å². The summed E-state index contributed by atoms with van der Waals surface area (Å²) in [6.07, 6.45) is 5.55. The molecular formula is C27H30BrN3O4S. The molecule has 2 aliphatic rings. The van der Waals surface area contributed by atoms with E-state index in [1.807, 2.05) is 31.2 Å². The maximum atomic E-state index is 13.2. The molecule has 190 valence electrons. The number of hydrogen-bond acceptors (Lipinski definition) is 7. The Kier molecular flexibility index (Phi) is 9.09. The van der Waals surface area contributed by atoms with E-state index < -0.39 is 5.97 Å². The van der Waals surface area contributed by atoms with Crippen molar-refractivity contribution in [1.82, 2.24) is 4.90 Å². The largest absolute Gasteiger partial charge is 0.481 e.